The molecule has 2 rings (SSSR count). The van der Waals surface area contributed by atoms with Gasteiger partial charge in [0, 0.05) is 10.9 Å². The molecule has 4 heteroatoms. The molecule has 0 aliphatic rings. The number of hydrogen-bond donors (Lipinski definition) is 2. The second-order valence-corrected chi connectivity index (χ2v) is 4.06. The first-order chi connectivity index (χ1) is 8.71. The van der Waals surface area contributed by atoms with E-state index in [9.17, 15) is 5.11 Å². The van der Waals surface area contributed by atoms with Crippen LogP contribution in [0.3, 0.4) is 0 Å². The van der Waals surface area contributed by atoms with Crippen molar-refractivity contribution in [1.82, 2.24) is 0 Å². The second kappa shape index (κ2) is 5.25. The van der Waals surface area contributed by atoms with E-state index in [-0.39, 0.29) is 6.61 Å². The summed E-state index contributed by atoms with van der Waals surface area (Å²) in [4.78, 5) is 0. The van der Waals surface area contributed by atoms with Crippen molar-refractivity contribution in [2.75, 3.05) is 20.8 Å². The predicted octanol–water partition coefficient (Wildman–Crippen LogP) is 1.85. The molecule has 0 bridgehead atoms. The van der Waals surface area contributed by atoms with Gasteiger partial charge in [-0.2, -0.15) is 0 Å². The number of fused-ring (bicyclic) bond motifs is 1. The predicted molar refractivity (Wildman–Crippen MR) is 71.1 cm³/mol. The maximum atomic E-state index is 9.19. The lowest BCUT2D eigenvalue weighted by Gasteiger charge is -2.16. The van der Waals surface area contributed by atoms with Gasteiger partial charge in [0.15, 0.2) is 0 Å². The zero-order valence-corrected chi connectivity index (χ0v) is 10.5. The summed E-state index contributed by atoms with van der Waals surface area (Å²) in [6.45, 7) is -0.128. The molecule has 0 aliphatic heterocycles. The lowest BCUT2D eigenvalue weighted by Crippen LogP contribution is -2.15. The molecule has 0 radical (unpaired) electrons. The lowest BCUT2D eigenvalue weighted by molar-refractivity contribution is 0.264. The fourth-order valence-corrected chi connectivity index (χ4v) is 2.04. The van der Waals surface area contributed by atoms with Crippen molar-refractivity contribution < 1.29 is 14.6 Å². The Hall–Kier alpha value is -1.78. The van der Waals surface area contributed by atoms with E-state index in [0.717, 1.165) is 22.1 Å². The van der Waals surface area contributed by atoms with E-state index in [2.05, 4.69) is 0 Å². The van der Waals surface area contributed by atoms with E-state index in [1.54, 1.807) is 14.2 Å². The van der Waals surface area contributed by atoms with E-state index < -0.39 is 6.04 Å². The van der Waals surface area contributed by atoms with Gasteiger partial charge < -0.3 is 20.3 Å². The van der Waals surface area contributed by atoms with Crippen molar-refractivity contribution in [2.24, 2.45) is 5.73 Å². The Kier molecular flexibility index (Phi) is 3.69. The minimum atomic E-state index is -0.464. The highest BCUT2D eigenvalue weighted by Gasteiger charge is 2.14. The fraction of sp³-hybridized carbons (Fsp3) is 0.286. The molecule has 0 heterocycles. The Morgan fingerprint density at radius 2 is 1.89 bits per heavy atom. The third-order valence-corrected chi connectivity index (χ3v) is 3.01. The van der Waals surface area contributed by atoms with Crippen molar-refractivity contribution in [2.45, 2.75) is 6.04 Å². The van der Waals surface area contributed by atoms with Crippen LogP contribution in [0, 0.1) is 0 Å². The largest absolute Gasteiger partial charge is 0.496 e. The second-order valence-electron chi connectivity index (χ2n) is 4.06. The number of benzene rings is 2. The maximum absolute atomic E-state index is 9.19. The van der Waals surface area contributed by atoms with Crippen LogP contribution in [0.4, 0.5) is 0 Å². The van der Waals surface area contributed by atoms with Crippen molar-refractivity contribution in [3.8, 4) is 11.5 Å². The van der Waals surface area contributed by atoms with Gasteiger partial charge >= 0.3 is 0 Å². The van der Waals surface area contributed by atoms with Crippen LogP contribution in [0.2, 0.25) is 0 Å². The highest BCUT2D eigenvalue weighted by Crippen LogP contribution is 2.33. The number of aliphatic hydroxyl groups excluding tert-OH is 1. The molecule has 0 fully saturated rings. The number of aliphatic hydroxyl groups is 1. The Balaban J connectivity index is 2.69. The van der Waals surface area contributed by atoms with Gasteiger partial charge in [-0.1, -0.05) is 12.1 Å². The van der Waals surface area contributed by atoms with Crippen LogP contribution in [0.5, 0.6) is 11.5 Å². The van der Waals surface area contributed by atoms with E-state index in [1.165, 1.54) is 0 Å². The van der Waals surface area contributed by atoms with Crippen LogP contribution in [0.15, 0.2) is 30.3 Å². The van der Waals surface area contributed by atoms with Gasteiger partial charge in [-0.05, 0) is 23.6 Å². The Labute approximate surface area is 106 Å². The van der Waals surface area contributed by atoms with Gasteiger partial charge in [0.05, 0.1) is 26.9 Å². The van der Waals surface area contributed by atoms with Gasteiger partial charge in [0.2, 0.25) is 0 Å². The zero-order chi connectivity index (χ0) is 13.1. The number of rotatable bonds is 4. The first-order valence-corrected chi connectivity index (χ1v) is 5.72. The molecule has 0 aromatic heterocycles. The van der Waals surface area contributed by atoms with Gasteiger partial charge in [-0.15, -0.1) is 0 Å². The average Bonchev–Trinajstić information content (AvgIpc) is 2.44. The molecule has 18 heavy (non-hydrogen) atoms. The molecule has 0 aliphatic carbocycles. The van der Waals surface area contributed by atoms with Gasteiger partial charge in [-0.3, -0.25) is 0 Å². The average molecular weight is 247 g/mol. The van der Waals surface area contributed by atoms with E-state index in [1.807, 2.05) is 30.3 Å². The van der Waals surface area contributed by atoms with Crippen LogP contribution < -0.4 is 15.2 Å². The fourth-order valence-electron chi connectivity index (χ4n) is 2.04. The van der Waals surface area contributed by atoms with E-state index in [4.69, 9.17) is 15.2 Å². The molecule has 1 atom stereocenters. The highest BCUT2D eigenvalue weighted by atomic mass is 16.5. The summed E-state index contributed by atoms with van der Waals surface area (Å²) in [7, 11) is 3.22. The number of nitrogens with two attached hydrogens (primary N) is 1. The van der Waals surface area contributed by atoms with Crippen molar-refractivity contribution in [1.29, 1.82) is 0 Å². The molecule has 96 valence electrons. The Morgan fingerprint density at radius 1 is 1.17 bits per heavy atom. The molecule has 2 aromatic rings. The number of hydrogen-bond acceptors (Lipinski definition) is 4. The molecular formula is C14H17NO3. The van der Waals surface area contributed by atoms with Crippen molar-refractivity contribution >= 4 is 10.8 Å². The summed E-state index contributed by atoms with van der Waals surface area (Å²) < 4.78 is 10.6. The number of methoxy groups -OCH3 is 2. The highest BCUT2D eigenvalue weighted by molar-refractivity contribution is 5.90. The molecular weight excluding hydrogens is 230 g/mol. The molecule has 0 saturated carbocycles. The smallest absolute Gasteiger partial charge is 0.126 e. The quantitative estimate of drug-likeness (QED) is 0.865. The van der Waals surface area contributed by atoms with E-state index >= 15 is 0 Å². The number of ether oxygens (including phenoxy) is 2. The molecule has 1 unspecified atom stereocenters. The van der Waals surface area contributed by atoms with Crippen molar-refractivity contribution in [3.63, 3.8) is 0 Å². The molecule has 2 aromatic carbocycles. The Bertz CT molecular complexity index is 554. The first-order valence-electron chi connectivity index (χ1n) is 5.72. The van der Waals surface area contributed by atoms with Crippen LogP contribution in [0.1, 0.15) is 11.6 Å². The third kappa shape index (κ3) is 2.12. The molecule has 4 nitrogen and oxygen atoms in total. The zero-order valence-electron chi connectivity index (χ0n) is 10.5. The third-order valence-electron chi connectivity index (χ3n) is 3.01. The summed E-state index contributed by atoms with van der Waals surface area (Å²) in [6.07, 6.45) is 0. The van der Waals surface area contributed by atoms with Crippen LogP contribution in [-0.2, 0) is 0 Å². The summed E-state index contributed by atoms with van der Waals surface area (Å²) >= 11 is 0. The minimum absolute atomic E-state index is 0.128. The minimum Gasteiger partial charge on any atom is -0.496 e. The van der Waals surface area contributed by atoms with E-state index in [0.29, 0.717) is 5.75 Å². The monoisotopic (exact) mass is 247 g/mol. The normalized spacial score (nSPS) is 12.4. The van der Waals surface area contributed by atoms with Gasteiger partial charge in [0.1, 0.15) is 11.5 Å². The van der Waals surface area contributed by atoms with Crippen molar-refractivity contribution in [3.05, 3.63) is 35.9 Å². The molecule has 0 spiro atoms. The Morgan fingerprint density at radius 3 is 2.50 bits per heavy atom. The van der Waals surface area contributed by atoms with Crippen LogP contribution >= 0.6 is 0 Å². The standard InChI is InChI=1S/C14H17NO3/c1-17-13-5-3-4-9-6-14(18-2)11(7-10(9)13)12(15)8-16/h3-7,12,16H,8,15H2,1-2H3. The molecule has 0 saturated heterocycles. The van der Waals surface area contributed by atoms with Gasteiger partial charge in [0.25, 0.3) is 0 Å². The topological polar surface area (TPSA) is 64.7 Å². The summed E-state index contributed by atoms with van der Waals surface area (Å²) in [6, 6.07) is 9.15. The van der Waals surface area contributed by atoms with Crippen LogP contribution in [-0.4, -0.2) is 25.9 Å². The van der Waals surface area contributed by atoms with Crippen LogP contribution in [0.25, 0.3) is 10.8 Å². The van der Waals surface area contributed by atoms with Gasteiger partial charge in [-0.25, -0.2) is 0 Å². The molecule has 3 N–H and O–H groups in total. The lowest BCUT2D eigenvalue weighted by atomic mass is 10.0. The first kappa shape index (κ1) is 12.7. The SMILES string of the molecule is COc1cc2cccc(OC)c2cc1C(N)CO. The summed E-state index contributed by atoms with van der Waals surface area (Å²) in [5.41, 5.74) is 6.66. The summed E-state index contributed by atoms with van der Waals surface area (Å²) in [5.74, 6) is 1.46. The molecule has 0 amide bonds. The maximum Gasteiger partial charge on any atom is 0.126 e. The summed E-state index contributed by atoms with van der Waals surface area (Å²) in [5, 5.41) is 11.2.